The second-order valence-corrected chi connectivity index (χ2v) is 5.25. The maximum atomic E-state index is 13.6. The van der Waals surface area contributed by atoms with Crippen molar-refractivity contribution in [2.75, 3.05) is 0 Å². The molecule has 1 atom stereocenters. The molecule has 0 spiro atoms. The lowest BCUT2D eigenvalue weighted by Gasteiger charge is -2.15. The van der Waals surface area contributed by atoms with E-state index in [-0.39, 0.29) is 11.6 Å². The van der Waals surface area contributed by atoms with Gasteiger partial charge in [-0.1, -0.05) is 12.1 Å². The number of aromatic nitrogens is 3. The minimum atomic E-state index is -0.888. The lowest BCUT2D eigenvalue weighted by Crippen LogP contribution is -2.27. The standard InChI is InChI=1S/C17H14F2N4O/c1-11(22-17(24)15-7-4-13(18)8-16(15)19)12-2-5-14(6-3-12)23-10-20-9-21-23/h2-11H,1H3,(H,22,24)/t11-/m0/s1. The third-order valence-electron chi connectivity index (χ3n) is 3.60. The van der Waals surface area contributed by atoms with E-state index in [1.807, 2.05) is 24.3 Å². The van der Waals surface area contributed by atoms with Gasteiger partial charge in [0, 0.05) is 6.07 Å². The van der Waals surface area contributed by atoms with Gasteiger partial charge in [-0.3, -0.25) is 4.79 Å². The van der Waals surface area contributed by atoms with E-state index in [0.717, 1.165) is 23.4 Å². The highest BCUT2D eigenvalue weighted by molar-refractivity contribution is 5.94. The van der Waals surface area contributed by atoms with E-state index < -0.39 is 17.5 Å². The van der Waals surface area contributed by atoms with Crippen molar-refractivity contribution in [1.82, 2.24) is 20.1 Å². The molecule has 0 radical (unpaired) electrons. The Morgan fingerprint density at radius 1 is 1.17 bits per heavy atom. The van der Waals surface area contributed by atoms with Gasteiger partial charge < -0.3 is 5.32 Å². The summed E-state index contributed by atoms with van der Waals surface area (Å²) >= 11 is 0. The molecule has 1 amide bonds. The molecule has 0 bridgehead atoms. The Morgan fingerprint density at radius 2 is 1.92 bits per heavy atom. The van der Waals surface area contributed by atoms with Crippen LogP contribution in [0.5, 0.6) is 0 Å². The zero-order valence-corrected chi connectivity index (χ0v) is 12.8. The third kappa shape index (κ3) is 3.29. The number of benzene rings is 2. The van der Waals surface area contributed by atoms with Crippen molar-refractivity contribution in [1.29, 1.82) is 0 Å². The summed E-state index contributed by atoms with van der Waals surface area (Å²) in [5.41, 5.74) is 1.48. The molecule has 5 nitrogen and oxygen atoms in total. The van der Waals surface area contributed by atoms with Crippen LogP contribution < -0.4 is 5.32 Å². The first-order valence-corrected chi connectivity index (χ1v) is 7.25. The Balaban J connectivity index is 1.72. The van der Waals surface area contributed by atoms with Crippen molar-refractivity contribution in [2.45, 2.75) is 13.0 Å². The van der Waals surface area contributed by atoms with E-state index in [1.54, 1.807) is 17.9 Å². The minimum absolute atomic E-state index is 0.192. The highest BCUT2D eigenvalue weighted by atomic mass is 19.1. The largest absolute Gasteiger partial charge is 0.345 e. The van der Waals surface area contributed by atoms with E-state index >= 15 is 0 Å². The van der Waals surface area contributed by atoms with Crippen LogP contribution in [-0.2, 0) is 0 Å². The van der Waals surface area contributed by atoms with E-state index in [0.29, 0.717) is 6.07 Å². The summed E-state index contributed by atoms with van der Waals surface area (Å²) in [4.78, 5) is 16.0. The van der Waals surface area contributed by atoms with Gasteiger partial charge in [0.25, 0.3) is 5.91 Å². The van der Waals surface area contributed by atoms with Crippen molar-refractivity contribution in [3.63, 3.8) is 0 Å². The molecule has 2 aromatic carbocycles. The van der Waals surface area contributed by atoms with Crippen LogP contribution in [0.1, 0.15) is 28.9 Å². The van der Waals surface area contributed by atoms with Crippen molar-refractivity contribution in [2.24, 2.45) is 0 Å². The Hall–Kier alpha value is -3.09. The van der Waals surface area contributed by atoms with E-state index in [4.69, 9.17) is 0 Å². The van der Waals surface area contributed by atoms with Crippen LogP contribution in [0.4, 0.5) is 8.78 Å². The molecule has 7 heteroatoms. The Bertz CT molecular complexity index is 848. The van der Waals surface area contributed by atoms with Gasteiger partial charge in [0.15, 0.2) is 0 Å². The van der Waals surface area contributed by atoms with Gasteiger partial charge >= 0.3 is 0 Å². The molecule has 0 unspecified atom stereocenters. The van der Waals surface area contributed by atoms with Crippen LogP contribution in [-0.4, -0.2) is 20.7 Å². The maximum Gasteiger partial charge on any atom is 0.254 e. The average Bonchev–Trinajstić information content (AvgIpc) is 3.09. The SMILES string of the molecule is C[C@H](NC(=O)c1ccc(F)cc1F)c1ccc(-n2cncn2)cc1. The summed E-state index contributed by atoms with van der Waals surface area (Å²) in [7, 11) is 0. The van der Waals surface area contributed by atoms with Crippen LogP contribution in [0.3, 0.4) is 0 Å². The van der Waals surface area contributed by atoms with Crippen molar-refractivity contribution >= 4 is 5.91 Å². The molecule has 0 aliphatic carbocycles. The average molecular weight is 328 g/mol. The van der Waals surface area contributed by atoms with Crippen LogP contribution in [0.15, 0.2) is 55.1 Å². The number of halogens is 2. The van der Waals surface area contributed by atoms with Crippen molar-refractivity contribution < 1.29 is 13.6 Å². The van der Waals surface area contributed by atoms with E-state index in [2.05, 4.69) is 15.4 Å². The highest BCUT2D eigenvalue weighted by Gasteiger charge is 2.15. The molecule has 0 aliphatic heterocycles. The summed E-state index contributed by atoms with van der Waals surface area (Å²) < 4.78 is 28.2. The van der Waals surface area contributed by atoms with E-state index in [9.17, 15) is 13.6 Å². The number of carbonyl (C=O) groups excluding carboxylic acids is 1. The van der Waals surface area contributed by atoms with Gasteiger partial charge in [0.1, 0.15) is 24.3 Å². The summed E-state index contributed by atoms with van der Waals surface area (Å²) in [5.74, 6) is -2.21. The molecule has 24 heavy (non-hydrogen) atoms. The quantitative estimate of drug-likeness (QED) is 0.801. The number of amides is 1. The molecule has 0 saturated carbocycles. The fraction of sp³-hybridized carbons (Fsp3) is 0.118. The maximum absolute atomic E-state index is 13.6. The third-order valence-corrected chi connectivity index (χ3v) is 3.60. The van der Waals surface area contributed by atoms with Gasteiger partial charge in [0.05, 0.1) is 17.3 Å². The number of nitrogens with one attached hydrogen (secondary N) is 1. The van der Waals surface area contributed by atoms with E-state index in [1.165, 1.54) is 6.33 Å². The number of hydrogen-bond donors (Lipinski definition) is 1. The molecule has 0 saturated heterocycles. The first-order chi connectivity index (χ1) is 11.5. The highest BCUT2D eigenvalue weighted by Crippen LogP contribution is 2.17. The Labute approximate surface area is 137 Å². The van der Waals surface area contributed by atoms with Crippen LogP contribution >= 0.6 is 0 Å². The van der Waals surface area contributed by atoms with Crippen molar-refractivity contribution in [3.05, 3.63) is 77.9 Å². The van der Waals surface area contributed by atoms with Crippen LogP contribution in [0.2, 0.25) is 0 Å². The fourth-order valence-electron chi connectivity index (χ4n) is 2.29. The summed E-state index contributed by atoms with van der Waals surface area (Å²) in [6, 6.07) is 9.87. The molecule has 0 fully saturated rings. The molecule has 3 rings (SSSR count). The number of rotatable bonds is 4. The topological polar surface area (TPSA) is 59.8 Å². The van der Waals surface area contributed by atoms with Gasteiger partial charge in [-0.2, -0.15) is 5.10 Å². The fourth-order valence-corrected chi connectivity index (χ4v) is 2.29. The Kier molecular flexibility index (Phi) is 4.33. The molecule has 1 N–H and O–H groups in total. The van der Waals surface area contributed by atoms with Crippen LogP contribution in [0, 0.1) is 11.6 Å². The van der Waals surface area contributed by atoms with Crippen LogP contribution in [0.25, 0.3) is 5.69 Å². The second-order valence-electron chi connectivity index (χ2n) is 5.25. The first kappa shape index (κ1) is 15.8. The number of nitrogens with zero attached hydrogens (tertiary/aromatic N) is 3. The molecule has 0 aliphatic rings. The number of hydrogen-bond acceptors (Lipinski definition) is 3. The van der Waals surface area contributed by atoms with Crippen molar-refractivity contribution in [3.8, 4) is 5.69 Å². The van der Waals surface area contributed by atoms with Gasteiger partial charge in [0.2, 0.25) is 0 Å². The smallest absolute Gasteiger partial charge is 0.254 e. The molecule has 3 aromatic rings. The van der Waals surface area contributed by atoms with Gasteiger partial charge in [-0.05, 0) is 36.8 Å². The predicted molar refractivity (Wildman–Crippen MR) is 83.6 cm³/mol. The zero-order valence-electron chi connectivity index (χ0n) is 12.8. The molecule has 1 aromatic heterocycles. The lowest BCUT2D eigenvalue weighted by atomic mass is 10.1. The normalized spacial score (nSPS) is 12.0. The summed E-state index contributed by atoms with van der Waals surface area (Å²) in [6.45, 7) is 1.78. The van der Waals surface area contributed by atoms with Gasteiger partial charge in [-0.25, -0.2) is 18.4 Å². The molecule has 122 valence electrons. The monoisotopic (exact) mass is 328 g/mol. The molecule has 1 heterocycles. The molecular formula is C17H14F2N4O. The lowest BCUT2D eigenvalue weighted by molar-refractivity contribution is 0.0935. The Morgan fingerprint density at radius 3 is 2.54 bits per heavy atom. The zero-order chi connectivity index (χ0) is 17.1. The molecular weight excluding hydrogens is 314 g/mol. The second kappa shape index (κ2) is 6.57. The predicted octanol–water partition coefficient (Wildman–Crippen LogP) is 3.04. The minimum Gasteiger partial charge on any atom is -0.345 e. The number of carbonyl (C=O) groups is 1. The first-order valence-electron chi connectivity index (χ1n) is 7.25. The van der Waals surface area contributed by atoms with Gasteiger partial charge in [-0.15, -0.1) is 0 Å². The summed E-state index contributed by atoms with van der Waals surface area (Å²) in [5, 5.41) is 6.72. The summed E-state index contributed by atoms with van der Waals surface area (Å²) in [6.07, 6.45) is 3.02.